The number of hydrogen-bond donors (Lipinski definition) is 1. The van der Waals surface area contributed by atoms with Crippen molar-refractivity contribution in [1.29, 1.82) is 0 Å². The van der Waals surface area contributed by atoms with Gasteiger partial charge in [-0.05, 0) is 25.8 Å². The van der Waals surface area contributed by atoms with Crippen LogP contribution in [0.4, 0.5) is 13.2 Å². The predicted molar refractivity (Wildman–Crippen MR) is 63.7 cm³/mol. The van der Waals surface area contributed by atoms with Crippen LogP contribution in [0.15, 0.2) is 12.3 Å². The molecule has 1 atom stereocenters. The molecular formula is C12H16F3N3O2. The molecule has 1 aromatic rings. The van der Waals surface area contributed by atoms with Crippen LogP contribution in [0.1, 0.15) is 25.5 Å². The number of hydrogen-bond acceptors (Lipinski definition) is 3. The number of halogens is 3. The van der Waals surface area contributed by atoms with Gasteiger partial charge in [0.2, 0.25) is 5.91 Å². The highest BCUT2D eigenvalue weighted by molar-refractivity contribution is 5.76. The Morgan fingerprint density at radius 3 is 2.80 bits per heavy atom. The number of alkyl halides is 3. The van der Waals surface area contributed by atoms with Gasteiger partial charge in [0, 0.05) is 19.3 Å². The zero-order valence-corrected chi connectivity index (χ0v) is 11.0. The third-order valence-corrected chi connectivity index (χ3v) is 3.26. The van der Waals surface area contributed by atoms with E-state index >= 15 is 0 Å². The normalized spacial score (nSPS) is 23.9. The largest absolute Gasteiger partial charge is 0.435 e. The molecular weight excluding hydrogens is 275 g/mol. The Balaban J connectivity index is 1.99. The first-order chi connectivity index (χ1) is 9.17. The number of likely N-dealkylation sites (tertiary alicyclic amines) is 1. The molecule has 5 nitrogen and oxygen atoms in total. The Labute approximate surface area is 114 Å². The first kappa shape index (κ1) is 14.8. The minimum Gasteiger partial charge on any atom is -0.388 e. The summed E-state index contributed by atoms with van der Waals surface area (Å²) >= 11 is 0. The summed E-state index contributed by atoms with van der Waals surface area (Å²) in [7, 11) is 0. The number of aliphatic hydroxyl groups is 1. The number of carbonyl (C=O) groups excluding carboxylic acids is 1. The summed E-state index contributed by atoms with van der Waals surface area (Å²) in [4.78, 5) is 13.4. The van der Waals surface area contributed by atoms with Crippen molar-refractivity contribution in [2.24, 2.45) is 0 Å². The average molecular weight is 291 g/mol. The van der Waals surface area contributed by atoms with Gasteiger partial charge in [0.25, 0.3) is 0 Å². The highest BCUT2D eigenvalue weighted by Gasteiger charge is 2.34. The highest BCUT2D eigenvalue weighted by atomic mass is 19.4. The van der Waals surface area contributed by atoms with Crippen LogP contribution in [-0.2, 0) is 17.5 Å². The fourth-order valence-electron chi connectivity index (χ4n) is 2.27. The number of β-amino-alcohol motifs (C(OH)–C–C–N with tert-alkyl or cyclic N) is 1. The fraction of sp³-hybridized carbons (Fsp3) is 0.667. The molecule has 0 spiro atoms. The number of aromatic nitrogens is 2. The Hall–Kier alpha value is -1.57. The highest BCUT2D eigenvalue weighted by Crippen LogP contribution is 2.27. The van der Waals surface area contributed by atoms with Crippen LogP contribution >= 0.6 is 0 Å². The third-order valence-electron chi connectivity index (χ3n) is 3.26. The van der Waals surface area contributed by atoms with E-state index in [4.69, 9.17) is 0 Å². The molecule has 1 amide bonds. The molecule has 1 unspecified atom stereocenters. The van der Waals surface area contributed by atoms with E-state index in [9.17, 15) is 23.1 Å². The maximum Gasteiger partial charge on any atom is 0.435 e. The summed E-state index contributed by atoms with van der Waals surface area (Å²) in [6.07, 6.45) is -2.10. The number of amides is 1. The molecule has 0 aromatic carbocycles. The van der Waals surface area contributed by atoms with E-state index in [1.165, 1.54) is 4.90 Å². The summed E-state index contributed by atoms with van der Waals surface area (Å²) in [5.41, 5.74) is -1.95. The molecule has 2 heterocycles. The molecule has 1 N–H and O–H groups in total. The molecule has 1 fully saturated rings. The Kier molecular flexibility index (Phi) is 3.77. The van der Waals surface area contributed by atoms with E-state index in [0.29, 0.717) is 19.4 Å². The zero-order chi connectivity index (χ0) is 15.0. The Bertz CT molecular complexity index is 496. The molecule has 1 aliphatic heterocycles. The quantitative estimate of drug-likeness (QED) is 0.893. The molecule has 8 heteroatoms. The summed E-state index contributed by atoms with van der Waals surface area (Å²) in [5, 5.41) is 13.2. The molecule has 1 aliphatic rings. The van der Waals surface area contributed by atoms with Gasteiger partial charge in [-0.25, -0.2) is 0 Å². The number of rotatable bonds is 2. The van der Waals surface area contributed by atoms with Gasteiger partial charge in [-0.1, -0.05) is 0 Å². The van der Waals surface area contributed by atoms with Crippen LogP contribution in [-0.4, -0.2) is 44.4 Å². The van der Waals surface area contributed by atoms with Gasteiger partial charge >= 0.3 is 6.18 Å². The van der Waals surface area contributed by atoms with Gasteiger partial charge in [-0.2, -0.15) is 18.3 Å². The lowest BCUT2D eigenvalue weighted by Gasteiger charge is -2.36. The first-order valence-electron chi connectivity index (χ1n) is 6.28. The van der Waals surface area contributed by atoms with Crippen molar-refractivity contribution in [3.05, 3.63) is 18.0 Å². The third kappa shape index (κ3) is 3.50. The van der Waals surface area contributed by atoms with Gasteiger partial charge in [-0.15, -0.1) is 0 Å². The zero-order valence-electron chi connectivity index (χ0n) is 11.0. The molecule has 1 aromatic heterocycles. The van der Waals surface area contributed by atoms with Gasteiger partial charge in [0.1, 0.15) is 6.54 Å². The van der Waals surface area contributed by atoms with Crippen LogP contribution in [0.3, 0.4) is 0 Å². The predicted octanol–water partition coefficient (Wildman–Crippen LogP) is 1.28. The second kappa shape index (κ2) is 5.08. The fourth-order valence-corrected chi connectivity index (χ4v) is 2.27. The lowest BCUT2D eigenvalue weighted by Crippen LogP contribution is -2.49. The van der Waals surface area contributed by atoms with E-state index in [1.807, 2.05) is 0 Å². The summed E-state index contributed by atoms with van der Waals surface area (Å²) < 4.78 is 38.1. The lowest BCUT2D eigenvalue weighted by atomic mass is 9.95. The molecule has 0 saturated carbocycles. The monoisotopic (exact) mass is 291 g/mol. The van der Waals surface area contributed by atoms with Crippen molar-refractivity contribution in [2.75, 3.05) is 13.1 Å². The molecule has 1 saturated heterocycles. The smallest absolute Gasteiger partial charge is 0.388 e. The van der Waals surface area contributed by atoms with Gasteiger partial charge < -0.3 is 10.0 Å². The van der Waals surface area contributed by atoms with Gasteiger partial charge in [-0.3, -0.25) is 9.48 Å². The second-order valence-electron chi connectivity index (χ2n) is 5.31. The van der Waals surface area contributed by atoms with E-state index in [2.05, 4.69) is 5.10 Å². The van der Waals surface area contributed by atoms with Crippen LogP contribution < -0.4 is 0 Å². The Morgan fingerprint density at radius 1 is 1.55 bits per heavy atom. The standard InChI is InChI=1S/C12H16F3N3O2/c1-11(20)4-2-5-17(8-11)10(19)7-18-6-3-9(16-18)12(13,14)15/h3,6,20H,2,4-5,7-8H2,1H3. The van der Waals surface area contributed by atoms with Crippen molar-refractivity contribution in [3.63, 3.8) is 0 Å². The number of carbonyl (C=O) groups is 1. The minimum atomic E-state index is -4.51. The first-order valence-corrected chi connectivity index (χ1v) is 6.28. The second-order valence-corrected chi connectivity index (χ2v) is 5.31. The van der Waals surface area contributed by atoms with Crippen molar-refractivity contribution in [1.82, 2.24) is 14.7 Å². The maximum atomic E-state index is 12.4. The molecule has 0 aliphatic carbocycles. The molecule has 2 rings (SSSR count). The van der Waals surface area contributed by atoms with E-state index in [1.54, 1.807) is 6.92 Å². The van der Waals surface area contributed by atoms with Crippen LogP contribution in [0.5, 0.6) is 0 Å². The SMILES string of the molecule is CC1(O)CCCN(C(=O)Cn2ccc(C(F)(F)F)n2)C1. The number of nitrogens with zero attached hydrogens (tertiary/aromatic N) is 3. The topological polar surface area (TPSA) is 58.4 Å². The van der Waals surface area contributed by atoms with Gasteiger partial charge in [0.15, 0.2) is 5.69 Å². The van der Waals surface area contributed by atoms with Crippen molar-refractivity contribution < 1.29 is 23.1 Å². The average Bonchev–Trinajstić information content (AvgIpc) is 2.75. The minimum absolute atomic E-state index is 0.194. The molecule has 0 bridgehead atoms. The van der Waals surface area contributed by atoms with Crippen molar-refractivity contribution >= 4 is 5.91 Å². The van der Waals surface area contributed by atoms with E-state index < -0.39 is 17.5 Å². The summed E-state index contributed by atoms with van der Waals surface area (Å²) in [6.45, 7) is 2.08. The van der Waals surface area contributed by atoms with Gasteiger partial charge in [0.05, 0.1) is 5.60 Å². The summed E-state index contributed by atoms with van der Waals surface area (Å²) in [5.74, 6) is -0.346. The van der Waals surface area contributed by atoms with Crippen LogP contribution in [0.2, 0.25) is 0 Å². The van der Waals surface area contributed by atoms with Crippen molar-refractivity contribution in [3.8, 4) is 0 Å². The molecule has 20 heavy (non-hydrogen) atoms. The summed E-state index contributed by atoms with van der Waals surface area (Å²) in [6, 6.07) is 0.833. The Morgan fingerprint density at radius 2 is 2.25 bits per heavy atom. The van der Waals surface area contributed by atoms with Crippen LogP contribution in [0, 0.1) is 0 Å². The number of piperidine rings is 1. The van der Waals surface area contributed by atoms with Crippen molar-refractivity contribution in [2.45, 2.75) is 38.1 Å². The lowest BCUT2D eigenvalue weighted by molar-refractivity contribution is -0.143. The molecule has 112 valence electrons. The molecule has 0 radical (unpaired) electrons. The van der Waals surface area contributed by atoms with E-state index in [-0.39, 0.29) is 19.0 Å². The van der Waals surface area contributed by atoms with Crippen LogP contribution in [0.25, 0.3) is 0 Å². The van der Waals surface area contributed by atoms with E-state index in [0.717, 1.165) is 16.9 Å². The maximum absolute atomic E-state index is 12.4.